The molecule has 2 aromatic rings. The average Bonchev–Trinajstić information content (AvgIpc) is 2.78. The minimum atomic E-state index is -3.43. The number of hydrogen-bond donors (Lipinski definition) is 2. The van der Waals surface area contributed by atoms with Crippen molar-refractivity contribution < 1.29 is 17.9 Å². The molecule has 7 nitrogen and oxygen atoms in total. The number of benzene rings is 1. The summed E-state index contributed by atoms with van der Waals surface area (Å²) >= 11 is 0.973. The number of thiazole rings is 1. The molecule has 0 saturated carbocycles. The van der Waals surface area contributed by atoms with Gasteiger partial charge in [-0.1, -0.05) is 23.5 Å². The normalized spacial score (nSPS) is 11.0. The quantitative estimate of drug-likeness (QED) is 0.868. The molecule has 0 atom stereocenters. The molecule has 0 aliphatic carbocycles. The number of carbonyl (C=O) groups is 1. The first-order valence-corrected chi connectivity index (χ1v) is 8.90. The summed E-state index contributed by atoms with van der Waals surface area (Å²) < 4.78 is 29.8. The van der Waals surface area contributed by atoms with Crippen molar-refractivity contribution in [1.82, 2.24) is 4.98 Å². The second-order valence-corrected chi connectivity index (χ2v) is 7.21. The van der Waals surface area contributed by atoms with Gasteiger partial charge in [-0.2, -0.15) is 0 Å². The number of amides is 1. The highest BCUT2D eigenvalue weighted by Gasteiger charge is 2.18. The number of nitrogens with one attached hydrogen (secondary N) is 2. The van der Waals surface area contributed by atoms with E-state index in [9.17, 15) is 13.2 Å². The first kappa shape index (κ1) is 16.2. The summed E-state index contributed by atoms with van der Waals surface area (Å²) in [5, 5.41) is 2.88. The van der Waals surface area contributed by atoms with Crippen LogP contribution in [-0.4, -0.2) is 32.7 Å². The van der Waals surface area contributed by atoms with Gasteiger partial charge in [0.05, 0.1) is 24.7 Å². The first-order chi connectivity index (χ1) is 10.3. The number of nitrogens with zero attached hydrogens (tertiary/aromatic N) is 1. The molecule has 1 amide bonds. The lowest BCUT2D eigenvalue weighted by atomic mass is 10.3. The molecule has 0 spiro atoms. The molecule has 2 N–H and O–H groups in total. The van der Waals surface area contributed by atoms with Gasteiger partial charge in [-0.05, 0) is 19.1 Å². The van der Waals surface area contributed by atoms with Crippen LogP contribution in [0.4, 0.5) is 10.8 Å². The van der Waals surface area contributed by atoms with Crippen LogP contribution >= 0.6 is 11.3 Å². The molecule has 0 aliphatic heterocycles. The van der Waals surface area contributed by atoms with Gasteiger partial charge in [0, 0.05) is 0 Å². The van der Waals surface area contributed by atoms with Crippen molar-refractivity contribution >= 4 is 38.1 Å². The summed E-state index contributed by atoms with van der Waals surface area (Å²) in [5.41, 5.74) is 0.976. The Kier molecular flexibility index (Phi) is 4.67. The molecule has 1 aromatic heterocycles. The van der Waals surface area contributed by atoms with Crippen LogP contribution in [0.3, 0.4) is 0 Å². The third kappa shape index (κ3) is 3.95. The van der Waals surface area contributed by atoms with Crippen molar-refractivity contribution in [2.45, 2.75) is 6.92 Å². The molecule has 0 fully saturated rings. The van der Waals surface area contributed by atoms with Crippen molar-refractivity contribution in [3.63, 3.8) is 0 Å². The molecule has 2 rings (SSSR count). The number of ether oxygens (including phenoxy) is 1. The van der Waals surface area contributed by atoms with Gasteiger partial charge in [-0.3, -0.25) is 9.52 Å². The Balaban J connectivity index is 2.23. The molecule has 0 saturated heterocycles. The molecule has 0 radical (unpaired) electrons. The Bertz CT molecular complexity index is 799. The fourth-order valence-corrected chi connectivity index (χ4v) is 3.43. The lowest BCUT2D eigenvalue weighted by Gasteiger charge is -2.08. The van der Waals surface area contributed by atoms with E-state index >= 15 is 0 Å². The zero-order chi connectivity index (χ0) is 16.3. The molecular formula is C13H15N3O4S2. The smallest absolute Gasteiger partial charge is 0.267 e. The van der Waals surface area contributed by atoms with E-state index in [1.807, 2.05) is 0 Å². The highest BCUT2D eigenvalue weighted by Crippen LogP contribution is 2.27. The molecule has 0 unspecified atom stereocenters. The number of aromatic nitrogens is 1. The van der Waals surface area contributed by atoms with Crippen LogP contribution in [0, 0.1) is 6.92 Å². The Hall–Kier alpha value is -2.13. The summed E-state index contributed by atoms with van der Waals surface area (Å²) in [7, 11) is -1.92. The molecular weight excluding hydrogens is 326 g/mol. The molecule has 22 heavy (non-hydrogen) atoms. The van der Waals surface area contributed by atoms with Gasteiger partial charge in [-0.15, -0.1) is 0 Å². The number of anilines is 2. The SMILES string of the molecule is COc1ccccc1NC(=O)c1sc(NS(C)(=O)=O)nc1C. The number of hydrogen-bond acceptors (Lipinski definition) is 6. The van der Waals surface area contributed by atoms with Gasteiger partial charge in [0.15, 0.2) is 5.13 Å². The van der Waals surface area contributed by atoms with Crippen LogP contribution in [-0.2, 0) is 10.0 Å². The summed E-state index contributed by atoms with van der Waals surface area (Å²) in [6.45, 7) is 1.64. The predicted octanol–water partition coefficient (Wildman–Crippen LogP) is 2.08. The number of aryl methyl sites for hydroxylation is 1. The van der Waals surface area contributed by atoms with Crippen LogP contribution in [0.2, 0.25) is 0 Å². The Morgan fingerprint density at radius 3 is 2.64 bits per heavy atom. The molecule has 1 heterocycles. The molecule has 9 heteroatoms. The topological polar surface area (TPSA) is 97.4 Å². The number of sulfonamides is 1. The maximum atomic E-state index is 12.3. The molecule has 118 valence electrons. The van der Waals surface area contributed by atoms with Gasteiger partial charge in [0.2, 0.25) is 10.0 Å². The molecule has 0 aliphatic rings. The van der Waals surface area contributed by atoms with Crippen LogP contribution in [0.1, 0.15) is 15.4 Å². The second kappa shape index (κ2) is 6.32. The maximum Gasteiger partial charge on any atom is 0.267 e. The monoisotopic (exact) mass is 341 g/mol. The first-order valence-electron chi connectivity index (χ1n) is 6.20. The van der Waals surface area contributed by atoms with Gasteiger partial charge in [-0.25, -0.2) is 13.4 Å². The van der Waals surface area contributed by atoms with Gasteiger partial charge in [0.25, 0.3) is 5.91 Å². The third-order valence-electron chi connectivity index (χ3n) is 2.63. The molecule has 0 bridgehead atoms. The lowest BCUT2D eigenvalue weighted by Crippen LogP contribution is -2.12. The van der Waals surface area contributed by atoms with Crippen molar-refractivity contribution in [1.29, 1.82) is 0 Å². The van der Waals surface area contributed by atoms with E-state index in [-0.39, 0.29) is 11.0 Å². The predicted molar refractivity (Wildman–Crippen MR) is 86.3 cm³/mol. The zero-order valence-electron chi connectivity index (χ0n) is 12.2. The summed E-state index contributed by atoms with van der Waals surface area (Å²) in [4.78, 5) is 16.7. The van der Waals surface area contributed by atoms with E-state index in [4.69, 9.17) is 4.74 Å². The fourth-order valence-electron chi connectivity index (χ4n) is 1.74. The minimum Gasteiger partial charge on any atom is -0.495 e. The van der Waals surface area contributed by atoms with Crippen LogP contribution < -0.4 is 14.8 Å². The average molecular weight is 341 g/mol. The Labute approximate surface area is 132 Å². The van der Waals surface area contributed by atoms with E-state index < -0.39 is 10.0 Å². The van der Waals surface area contributed by atoms with E-state index in [1.54, 1.807) is 31.2 Å². The highest BCUT2D eigenvalue weighted by molar-refractivity contribution is 7.92. The van der Waals surface area contributed by atoms with Crippen LogP contribution in [0.5, 0.6) is 5.75 Å². The molecule has 1 aromatic carbocycles. The van der Waals surface area contributed by atoms with E-state index in [2.05, 4.69) is 15.0 Å². The summed E-state index contributed by atoms with van der Waals surface area (Å²) in [5.74, 6) is 0.161. The number of methoxy groups -OCH3 is 1. The van der Waals surface area contributed by atoms with Gasteiger partial charge < -0.3 is 10.1 Å². The third-order valence-corrected chi connectivity index (χ3v) is 4.40. The van der Waals surface area contributed by atoms with Crippen molar-refractivity contribution in [2.24, 2.45) is 0 Å². The summed E-state index contributed by atoms with van der Waals surface area (Å²) in [6.07, 6.45) is 1.03. The van der Waals surface area contributed by atoms with Crippen molar-refractivity contribution in [2.75, 3.05) is 23.4 Å². The van der Waals surface area contributed by atoms with E-state index in [0.29, 0.717) is 22.0 Å². The van der Waals surface area contributed by atoms with Crippen molar-refractivity contribution in [3.05, 3.63) is 34.8 Å². The largest absolute Gasteiger partial charge is 0.495 e. The van der Waals surface area contributed by atoms with Crippen LogP contribution in [0.15, 0.2) is 24.3 Å². The second-order valence-electron chi connectivity index (χ2n) is 4.46. The summed E-state index contributed by atoms with van der Waals surface area (Å²) in [6, 6.07) is 7.00. The van der Waals surface area contributed by atoms with E-state index in [1.165, 1.54) is 7.11 Å². The number of carbonyl (C=O) groups excluding carboxylic acids is 1. The van der Waals surface area contributed by atoms with Crippen molar-refractivity contribution in [3.8, 4) is 5.75 Å². The lowest BCUT2D eigenvalue weighted by molar-refractivity contribution is 0.102. The van der Waals surface area contributed by atoms with Gasteiger partial charge in [0.1, 0.15) is 10.6 Å². The Morgan fingerprint density at radius 1 is 1.32 bits per heavy atom. The zero-order valence-corrected chi connectivity index (χ0v) is 13.8. The Morgan fingerprint density at radius 2 is 2.00 bits per heavy atom. The van der Waals surface area contributed by atoms with Gasteiger partial charge >= 0.3 is 0 Å². The standard InChI is InChI=1S/C13H15N3O4S2/c1-8-11(21-13(14-8)16-22(3,18)19)12(17)15-9-6-4-5-7-10(9)20-2/h4-7H,1-3H3,(H,14,16)(H,15,17). The number of para-hydroxylation sites is 2. The van der Waals surface area contributed by atoms with E-state index in [0.717, 1.165) is 17.6 Å². The van der Waals surface area contributed by atoms with Crippen LogP contribution in [0.25, 0.3) is 0 Å². The highest BCUT2D eigenvalue weighted by atomic mass is 32.2. The number of rotatable bonds is 5. The maximum absolute atomic E-state index is 12.3. The minimum absolute atomic E-state index is 0.158. The fraction of sp³-hybridized carbons (Fsp3) is 0.231.